The molecule has 2 N–H and O–H groups in total. The molecule has 0 unspecified atom stereocenters. The molecule has 0 radical (unpaired) electrons. The summed E-state index contributed by atoms with van der Waals surface area (Å²) in [5.74, 6) is -0.301. The summed E-state index contributed by atoms with van der Waals surface area (Å²) in [7, 11) is 0. The van der Waals surface area contributed by atoms with E-state index in [2.05, 4.69) is 20.6 Å². The van der Waals surface area contributed by atoms with Gasteiger partial charge in [0, 0.05) is 11.9 Å². The second-order valence-corrected chi connectivity index (χ2v) is 4.75. The van der Waals surface area contributed by atoms with Gasteiger partial charge in [-0.2, -0.15) is 0 Å². The number of anilines is 1. The Morgan fingerprint density at radius 1 is 1.28 bits per heavy atom. The van der Waals surface area contributed by atoms with Crippen molar-refractivity contribution in [3.63, 3.8) is 0 Å². The molecule has 7 heteroatoms. The maximum absolute atomic E-state index is 11.6. The lowest BCUT2D eigenvalue weighted by Crippen LogP contribution is -2.37. The van der Waals surface area contributed by atoms with E-state index in [4.69, 9.17) is 0 Å². The lowest BCUT2D eigenvalue weighted by molar-refractivity contribution is -0.135. The molecule has 0 fully saturated rings. The third-order valence-corrected chi connectivity index (χ3v) is 3.06. The summed E-state index contributed by atoms with van der Waals surface area (Å²) < 4.78 is 0. The van der Waals surface area contributed by atoms with Gasteiger partial charge in [-0.25, -0.2) is 4.98 Å². The summed E-state index contributed by atoms with van der Waals surface area (Å²) in [6, 6.07) is 3.44. The van der Waals surface area contributed by atoms with Gasteiger partial charge in [0.2, 0.25) is 0 Å². The molecule has 2 amide bonds. The van der Waals surface area contributed by atoms with Crippen molar-refractivity contribution in [3.8, 4) is 0 Å². The Balaban J connectivity index is 1.90. The number of rotatable bonds is 1. The monoisotopic (exact) mass is 264 g/mol. The number of nitrogens with zero attached hydrogens (tertiary/aromatic N) is 2. The minimum atomic E-state index is -0.749. The zero-order chi connectivity index (χ0) is 13.0. The lowest BCUT2D eigenvalue weighted by Gasteiger charge is -2.05. The van der Waals surface area contributed by atoms with Crippen molar-refractivity contribution in [2.75, 3.05) is 17.6 Å². The second-order valence-electron chi connectivity index (χ2n) is 3.66. The number of pyridine rings is 1. The van der Waals surface area contributed by atoms with Crippen LogP contribution in [0.1, 0.15) is 5.56 Å². The minimum Gasteiger partial charge on any atom is -0.302 e. The first-order valence-electron chi connectivity index (χ1n) is 5.37. The highest BCUT2D eigenvalue weighted by Gasteiger charge is 2.18. The van der Waals surface area contributed by atoms with Gasteiger partial charge in [0.15, 0.2) is 5.17 Å². The fourth-order valence-corrected chi connectivity index (χ4v) is 2.00. The van der Waals surface area contributed by atoms with Crippen molar-refractivity contribution < 1.29 is 9.59 Å². The van der Waals surface area contributed by atoms with Crippen molar-refractivity contribution in [1.29, 1.82) is 0 Å². The smallest absolute Gasteiger partial charge is 0.302 e. The number of carbonyl (C=O) groups excluding carboxylic acids is 2. The molecule has 0 saturated carbocycles. The Morgan fingerprint density at radius 3 is 2.67 bits per heavy atom. The fraction of sp³-hybridized carbons (Fsp3) is 0.273. The van der Waals surface area contributed by atoms with E-state index in [1.54, 1.807) is 18.3 Å². The van der Waals surface area contributed by atoms with Crippen LogP contribution in [0.2, 0.25) is 0 Å². The quantitative estimate of drug-likeness (QED) is 0.725. The van der Waals surface area contributed by atoms with E-state index >= 15 is 0 Å². The highest BCUT2D eigenvalue weighted by molar-refractivity contribution is 8.14. The predicted molar refractivity (Wildman–Crippen MR) is 70.5 cm³/mol. The Hall–Kier alpha value is -1.89. The van der Waals surface area contributed by atoms with Gasteiger partial charge < -0.3 is 5.32 Å². The van der Waals surface area contributed by atoms with Gasteiger partial charge in [-0.15, -0.1) is 0 Å². The molecule has 2 heterocycles. The van der Waals surface area contributed by atoms with Crippen LogP contribution in [0.25, 0.3) is 0 Å². The van der Waals surface area contributed by atoms with Gasteiger partial charge in [-0.05, 0) is 18.6 Å². The standard InChI is InChI=1S/C11H12N4O2S/c1-7-2-3-8(13-6-7)14-9(16)10(17)15-11-12-4-5-18-11/h2-3,6H,4-5H2,1H3,(H,12,15,17)(H,13,14,16). The van der Waals surface area contributed by atoms with Crippen LogP contribution in [0.15, 0.2) is 23.3 Å². The largest absolute Gasteiger partial charge is 0.315 e. The normalized spacial score (nSPS) is 13.9. The zero-order valence-electron chi connectivity index (χ0n) is 9.77. The van der Waals surface area contributed by atoms with Crippen LogP contribution >= 0.6 is 11.8 Å². The van der Waals surface area contributed by atoms with Crippen molar-refractivity contribution in [2.24, 2.45) is 4.99 Å². The molecule has 1 aromatic rings. The van der Waals surface area contributed by atoms with Crippen molar-refractivity contribution in [1.82, 2.24) is 10.3 Å². The number of hydrogen-bond donors (Lipinski definition) is 2. The molecule has 0 aliphatic carbocycles. The number of hydrogen-bond acceptors (Lipinski definition) is 5. The van der Waals surface area contributed by atoms with Gasteiger partial charge in [0.05, 0.1) is 6.54 Å². The van der Waals surface area contributed by atoms with E-state index < -0.39 is 11.8 Å². The number of thioether (sulfide) groups is 1. The third-order valence-electron chi connectivity index (χ3n) is 2.17. The molecule has 1 aliphatic rings. The summed E-state index contributed by atoms with van der Waals surface area (Å²) >= 11 is 1.42. The van der Waals surface area contributed by atoms with Crippen LogP contribution in [-0.4, -0.2) is 34.3 Å². The van der Waals surface area contributed by atoms with E-state index in [1.807, 2.05) is 6.92 Å². The van der Waals surface area contributed by atoms with Crippen LogP contribution in [0, 0.1) is 6.92 Å². The van der Waals surface area contributed by atoms with Gasteiger partial charge in [-0.1, -0.05) is 17.8 Å². The molecular formula is C11H12N4O2S. The van der Waals surface area contributed by atoms with Crippen LogP contribution in [0.3, 0.4) is 0 Å². The number of aliphatic imine (C=N–C) groups is 1. The number of amidine groups is 1. The van der Waals surface area contributed by atoms with Gasteiger partial charge in [-0.3, -0.25) is 19.9 Å². The molecule has 1 aliphatic heterocycles. The van der Waals surface area contributed by atoms with Gasteiger partial charge in [0.1, 0.15) is 5.82 Å². The first kappa shape index (κ1) is 12.6. The second kappa shape index (κ2) is 5.63. The number of aryl methyl sites for hydroxylation is 1. The predicted octanol–water partition coefficient (Wildman–Crippen LogP) is 0.548. The molecule has 0 bridgehead atoms. The van der Waals surface area contributed by atoms with E-state index in [0.717, 1.165) is 11.3 Å². The molecule has 18 heavy (non-hydrogen) atoms. The number of nitrogens with one attached hydrogen (secondary N) is 2. The van der Waals surface area contributed by atoms with Gasteiger partial charge in [0.25, 0.3) is 0 Å². The number of carbonyl (C=O) groups is 2. The molecule has 1 aromatic heterocycles. The van der Waals surface area contributed by atoms with Crippen molar-refractivity contribution in [2.45, 2.75) is 6.92 Å². The first-order valence-corrected chi connectivity index (χ1v) is 6.36. The Kier molecular flexibility index (Phi) is 3.93. The molecule has 6 nitrogen and oxygen atoms in total. The maximum Gasteiger partial charge on any atom is 0.315 e. The van der Waals surface area contributed by atoms with Gasteiger partial charge >= 0.3 is 11.8 Å². The van der Waals surface area contributed by atoms with E-state index in [1.165, 1.54) is 11.8 Å². The lowest BCUT2D eigenvalue weighted by atomic mass is 10.3. The van der Waals surface area contributed by atoms with E-state index in [0.29, 0.717) is 17.5 Å². The number of amides is 2. The van der Waals surface area contributed by atoms with Crippen LogP contribution in [-0.2, 0) is 9.59 Å². The summed E-state index contributed by atoms with van der Waals surface area (Å²) in [4.78, 5) is 31.1. The molecular weight excluding hydrogens is 252 g/mol. The SMILES string of the molecule is Cc1ccc(NC(=O)C(=O)NC2=NCCS2)nc1. The summed E-state index contributed by atoms with van der Waals surface area (Å²) in [6.45, 7) is 2.56. The zero-order valence-corrected chi connectivity index (χ0v) is 10.6. The highest BCUT2D eigenvalue weighted by Crippen LogP contribution is 2.09. The minimum absolute atomic E-state index is 0.349. The topological polar surface area (TPSA) is 83.5 Å². The van der Waals surface area contributed by atoms with Crippen LogP contribution in [0.4, 0.5) is 5.82 Å². The average molecular weight is 264 g/mol. The molecule has 94 valence electrons. The molecule has 0 saturated heterocycles. The maximum atomic E-state index is 11.6. The average Bonchev–Trinajstić information content (AvgIpc) is 2.85. The highest BCUT2D eigenvalue weighted by atomic mass is 32.2. The van der Waals surface area contributed by atoms with Crippen molar-refractivity contribution >= 4 is 34.6 Å². The summed E-state index contributed by atoms with van der Waals surface area (Å²) in [5.41, 5.74) is 0.981. The Labute approximate surface area is 108 Å². The Bertz CT molecular complexity index is 498. The molecule has 2 rings (SSSR count). The Morgan fingerprint density at radius 2 is 2.06 bits per heavy atom. The molecule has 0 spiro atoms. The summed E-state index contributed by atoms with van der Waals surface area (Å²) in [5, 5.41) is 5.35. The molecule has 0 aromatic carbocycles. The van der Waals surface area contributed by atoms with E-state index in [-0.39, 0.29) is 0 Å². The first-order chi connectivity index (χ1) is 8.65. The fourth-order valence-electron chi connectivity index (χ4n) is 1.28. The van der Waals surface area contributed by atoms with Crippen LogP contribution < -0.4 is 10.6 Å². The molecule has 0 atom stereocenters. The van der Waals surface area contributed by atoms with E-state index in [9.17, 15) is 9.59 Å². The number of aromatic nitrogens is 1. The van der Waals surface area contributed by atoms with Crippen molar-refractivity contribution in [3.05, 3.63) is 23.9 Å². The summed E-state index contributed by atoms with van der Waals surface area (Å²) in [6.07, 6.45) is 1.62. The third kappa shape index (κ3) is 3.30. The van der Waals surface area contributed by atoms with Crippen LogP contribution in [0.5, 0.6) is 0 Å².